The molecule has 1 saturated heterocycles. The number of nitrogens with zero attached hydrogens (tertiary/aromatic N) is 5. The van der Waals surface area contributed by atoms with E-state index >= 15 is 0 Å². The van der Waals surface area contributed by atoms with Gasteiger partial charge in [-0.25, -0.2) is 9.97 Å². The number of H-pyrrole nitrogens is 1. The van der Waals surface area contributed by atoms with Gasteiger partial charge < -0.3 is 10.2 Å². The Morgan fingerprint density at radius 2 is 2.09 bits per heavy atom. The van der Waals surface area contributed by atoms with Gasteiger partial charge in [-0.15, -0.1) is 0 Å². The van der Waals surface area contributed by atoms with Crippen molar-refractivity contribution in [3.63, 3.8) is 0 Å². The largest absolute Gasteiger partial charge is 0.352 e. The van der Waals surface area contributed by atoms with Crippen LogP contribution in [0.3, 0.4) is 0 Å². The van der Waals surface area contributed by atoms with Gasteiger partial charge in [0, 0.05) is 19.3 Å². The highest BCUT2D eigenvalue weighted by molar-refractivity contribution is 6.42. The van der Waals surface area contributed by atoms with Crippen LogP contribution >= 0.6 is 23.2 Å². The van der Waals surface area contributed by atoms with Crippen molar-refractivity contribution in [2.24, 2.45) is 0 Å². The normalized spacial score (nSPS) is 16.1. The SMILES string of the molecule is O=c1[nH]c(NCc2ccc(Cl)c(Cl)c2)nc2cnn(CC3CCCN3c3ccccn3)c12. The molecule has 5 rings (SSSR count). The lowest BCUT2D eigenvalue weighted by atomic mass is 10.2. The lowest BCUT2D eigenvalue weighted by Gasteiger charge is -2.25. The molecule has 1 fully saturated rings. The van der Waals surface area contributed by atoms with Crippen LogP contribution in [0.2, 0.25) is 10.0 Å². The molecule has 0 aliphatic carbocycles. The molecule has 1 unspecified atom stereocenters. The number of pyridine rings is 1. The quantitative estimate of drug-likeness (QED) is 0.441. The molecule has 0 spiro atoms. The first-order valence-corrected chi connectivity index (χ1v) is 11.2. The molecule has 8 nitrogen and oxygen atoms in total. The molecule has 1 aliphatic heterocycles. The highest BCUT2D eigenvalue weighted by Crippen LogP contribution is 2.25. The standard InChI is InChI=1S/C22H21Cl2N7O/c23-16-7-6-14(10-17(16)24)11-26-22-28-18-12-27-31(20(18)21(32)29-22)13-15-4-3-9-30(15)19-5-1-2-8-25-19/h1-2,5-8,10,12,15H,3-4,9,11,13H2,(H2,26,28,29,32). The van der Waals surface area contributed by atoms with Crippen molar-refractivity contribution in [3.8, 4) is 0 Å². The van der Waals surface area contributed by atoms with E-state index in [1.807, 2.05) is 24.3 Å². The number of fused-ring (bicyclic) bond motifs is 1. The number of aromatic nitrogens is 5. The molecule has 0 saturated carbocycles. The molecule has 0 radical (unpaired) electrons. The monoisotopic (exact) mass is 469 g/mol. The van der Waals surface area contributed by atoms with Crippen LogP contribution in [0.15, 0.2) is 53.6 Å². The first-order valence-electron chi connectivity index (χ1n) is 10.4. The summed E-state index contributed by atoms with van der Waals surface area (Å²) in [7, 11) is 0. The number of nitrogens with one attached hydrogen (secondary N) is 2. The van der Waals surface area contributed by atoms with E-state index in [1.54, 1.807) is 29.2 Å². The van der Waals surface area contributed by atoms with Gasteiger partial charge in [0.2, 0.25) is 5.95 Å². The van der Waals surface area contributed by atoms with Crippen LogP contribution in [0.1, 0.15) is 18.4 Å². The van der Waals surface area contributed by atoms with E-state index in [9.17, 15) is 4.79 Å². The molecule has 3 aromatic heterocycles. The summed E-state index contributed by atoms with van der Waals surface area (Å²) in [6.45, 7) is 1.99. The minimum atomic E-state index is -0.230. The number of hydrogen-bond acceptors (Lipinski definition) is 6. The van der Waals surface area contributed by atoms with E-state index in [2.05, 4.69) is 30.3 Å². The highest BCUT2D eigenvalue weighted by Gasteiger charge is 2.27. The van der Waals surface area contributed by atoms with Crippen molar-refractivity contribution < 1.29 is 0 Å². The fourth-order valence-electron chi connectivity index (χ4n) is 4.11. The van der Waals surface area contributed by atoms with Crippen LogP contribution in [0, 0.1) is 0 Å². The maximum atomic E-state index is 12.9. The Kier molecular flexibility index (Phi) is 5.71. The number of benzene rings is 1. The third-order valence-electron chi connectivity index (χ3n) is 5.65. The Balaban J connectivity index is 1.35. The van der Waals surface area contributed by atoms with E-state index < -0.39 is 0 Å². The fraction of sp³-hybridized carbons (Fsp3) is 0.273. The second kappa shape index (κ2) is 8.80. The molecule has 0 bridgehead atoms. The number of hydrogen-bond donors (Lipinski definition) is 2. The summed E-state index contributed by atoms with van der Waals surface area (Å²) in [6.07, 6.45) is 5.54. The number of rotatable bonds is 6. The van der Waals surface area contributed by atoms with Crippen molar-refractivity contribution in [1.29, 1.82) is 0 Å². The lowest BCUT2D eigenvalue weighted by Crippen LogP contribution is -2.34. The van der Waals surface area contributed by atoms with Crippen LogP contribution in [-0.2, 0) is 13.1 Å². The molecule has 10 heteroatoms. The van der Waals surface area contributed by atoms with Gasteiger partial charge in [0.05, 0.1) is 28.8 Å². The Labute approximate surface area is 194 Å². The zero-order valence-electron chi connectivity index (χ0n) is 17.1. The van der Waals surface area contributed by atoms with Gasteiger partial charge in [-0.1, -0.05) is 35.3 Å². The molecule has 1 aliphatic rings. The average molecular weight is 470 g/mol. The van der Waals surface area contributed by atoms with Gasteiger partial charge in [0.1, 0.15) is 11.3 Å². The lowest BCUT2D eigenvalue weighted by molar-refractivity contribution is 0.518. The van der Waals surface area contributed by atoms with Crippen LogP contribution in [0.4, 0.5) is 11.8 Å². The van der Waals surface area contributed by atoms with Crippen LogP contribution in [-0.4, -0.2) is 37.3 Å². The van der Waals surface area contributed by atoms with E-state index in [4.69, 9.17) is 23.2 Å². The molecule has 2 N–H and O–H groups in total. The van der Waals surface area contributed by atoms with Crippen LogP contribution < -0.4 is 15.8 Å². The second-order valence-corrected chi connectivity index (χ2v) is 8.57. The van der Waals surface area contributed by atoms with Gasteiger partial charge in [-0.3, -0.25) is 14.5 Å². The Morgan fingerprint density at radius 1 is 1.19 bits per heavy atom. The zero-order valence-corrected chi connectivity index (χ0v) is 18.6. The maximum absolute atomic E-state index is 12.9. The fourth-order valence-corrected chi connectivity index (χ4v) is 4.43. The Bertz CT molecular complexity index is 1300. The highest BCUT2D eigenvalue weighted by atomic mass is 35.5. The predicted octanol–water partition coefficient (Wildman–Crippen LogP) is 4.10. The third-order valence-corrected chi connectivity index (χ3v) is 6.39. The molecule has 0 amide bonds. The zero-order chi connectivity index (χ0) is 22.1. The summed E-state index contributed by atoms with van der Waals surface area (Å²) in [4.78, 5) is 27.0. The van der Waals surface area contributed by atoms with Crippen LogP contribution in [0.5, 0.6) is 0 Å². The predicted molar refractivity (Wildman–Crippen MR) is 127 cm³/mol. The van der Waals surface area contributed by atoms with E-state index in [0.717, 1.165) is 30.8 Å². The average Bonchev–Trinajstić information content (AvgIpc) is 3.43. The molecular weight excluding hydrogens is 449 g/mol. The van der Waals surface area contributed by atoms with Gasteiger partial charge in [-0.05, 0) is 42.7 Å². The number of aromatic amines is 1. The summed E-state index contributed by atoms with van der Waals surface area (Å²) >= 11 is 12.0. The number of halogens is 2. The van der Waals surface area contributed by atoms with Crippen molar-refractivity contribution in [1.82, 2.24) is 24.7 Å². The van der Waals surface area contributed by atoms with Crippen molar-refractivity contribution >= 4 is 46.0 Å². The summed E-state index contributed by atoms with van der Waals surface area (Å²) in [6, 6.07) is 11.5. The molecular formula is C22H21Cl2N7O. The van der Waals surface area contributed by atoms with Crippen molar-refractivity contribution in [2.75, 3.05) is 16.8 Å². The van der Waals surface area contributed by atoms with E-state index in [0.29, 0.717) is 40.1 Å². The van der Waals surface area contributed by atoms with E-state index in [-0.39, 0.29) is 11.6 Å². The molecule has 32 heavy (non-hydrogen) atoms. The summed E-state index contributed by atoms with van der Waals surface area (Å²) in [5.41, 5.74) is 1.71. The molecule has 164 valence electrons. The second-order valence-electron chi connectivity index (χ2n) is 7.75. The van der Waals surface area contributed by atoms with Gasteiger partial charge in [0.25, 0.3) is 5.56 Å². The Morgan fingerprint density at radius 3 is 2.91 bits per heavy atom. The van der Waals surface area contributed by atoms with Crippen molar-refractivity contribution in [3.05, 3.63) is 74.8 Å². The molecule has 4 aromatic rings. The minimum Gasteiger partial charge on any atom is -0.352 e. The third kappa shape index (κ3) is 4.16. The summed E-state index contributed by atoms with van der Waals surface area (Å²) < 4.78 is 1.75. The summed E-state index contributed by atoms with van der Waals surface area (Å²) in [5, 5.41) is 8.57. The maximum Gasteiger partial charge on any atom is 0.278 e. The summed E-state index contributed by atoms with van der Waals surface area (Å²) in [5.74, 6) is 1.33. The topological polar surface area (TPSA) is 91.7 Å². The van der Waals surface area contributed by atoms with Gasteiger partial charge >= 0.3 is 0 Å². The number of anilines is 2. The van der Waals surface area contributed by atoms with Crippen molar-refractivity contribution in [2.45, 2.75) is 32.0 Å². The van der Waals surface area contributed by atoms with Gasteiger partial charge in [-0.2, -0.15) is 5.10 Å². The molecule has 4 heterocycles. The smallest absolute Gasteiger partial charge is 0.278 e. The van der Waals surface area contributed by atoms with E-state index in [1.165, 1.54) is 0 Å². The Hall–Kier alpha value is -3.10. The molecule has 1 atom stereocenters. The first-order chi connectivity index (χ1) is 15.6. The van der Waals surface area contributed by atoms with Gasteiger partial charge in [0.15, 0.2) is 5.52 Å². The molecule has 1 aromatic carbocycles. The minimum absolute atomic E-state index is 0.222. The van der Waals surface area contributed by atoms with Crippen LogP contribution in [0.25, 0.3) is 11.0 Å². The first kappa shape index (κ1) is 20.8.